The van der Waals surface area contributed by atoms with E-state index in [-0.39, 0.29) is 11.7 Å². The van der Waals surface area contributed by atoms with E-state index in [1.54, 1.807) is 0 Å². The lowest BCUT2D eigenvalue weighted by atomic mass is 9.98. The summed E-state index contributed by atoms with van der Waals surface area (Å²) in [6.07, 6.45) is 6.36. The molecule has 3 nitrogen and oxygen atoms in total. The van der Waals surface area contributed by atoms with Gasteiger partial charge in [-0.25, -0.2) is 0 Å². The van der Waals surface area contributed by atoms with E-state index < -0.39 is 0 Å². The first-order valence-electron chi connectivity index (χ1n) is 9.05. The summed E-state index contributed by atoms with van der Waals surface area (Å²) in [7, 11) is 0. The summed E-state index contributed by atoms with van der Waals surface area (Å²) < 4.78 is 8.06. The minimum Gasteiger partial charge on any atom is -0.487 e. The number of ketones is 1. The number of hydrogen-bond acceptors (Lipinski definition) is 2. The molecule has 0 unspecified atom stereocenters. The van der Waals surface area contributed by atoms with Crippen molar-refractivity contribution in [3.05, 3.63) is 71.5 Å². The van der Waals surface area contributed by atoms with Crippen molar-refractivity contribution in [3.63, 3.8) is 0 Å². The number of hydrogen-bond donors (Lipinski definition) is 0. The van der Waals surface area contributed by atoms with Gasteiger partial charge < -0.3 is 9.14 Å². The van der Waals surface area contributed by atoms with Gasteiger partial charge in [0.15, 0.2) is 5.78 Å². The van der Waals surface area contributed by atoms with Crippen LogP contribution in [0, 0.1) is 12.8 Å². The quantitative estimate of drug-likeness (QED) is 0.601. The molecule has 1 aliphatic rings. The van der Waals surface area contributed by atoms with E-state index in [1.165, 1.54) is 12.8 Å². The van der Waals surface area contributed by atoms with Crippen LogP contribution in [0.2, 0.25) is 0 Å². The molecule has 1 saturated carbocycles. The lowest BCUT2D eigenvalue weighted by Crippen LogP contribution is -2.14. The molecule has 0 spiro atoms. The first-order valence-corrected chi connectivity index (χ1v) is 9.05. The van der Waals surface area contributed by atoms with Gasteiger partial charge in [-0.1, -0.05) is 43.2 Å². The molecule has 1 fully saturated rings. The molecule has 0 bridgehead atoms. The maximum absolute atomic E-state index is 13.0. The molecular formula is C22H23NO2. The minimum atomic E-state index is 0.186. The number of carbonyl (C=O) groups excluding carboxylic acids is 1. The SMILES string of the molecule is Cc1cc2c(OCc3ccccc3)cccn2c1C(=O)C1CCCC1. The fourth-order valence-corrected chi connectivity index (χ4v) is 3.85. The second kappa shape index (κ2) is 6.75. The van der Waals surface area contributed by atoms with Gasteiger partial charge in [0.1, 0.15) is 12.4 Å². The Morgan fingerprint density at radius 3 is 2.64 bits per heavy atom. The van der Waals surface area contributed by atoms with Crippen molar-refractivity contribution in [2.75, 3.05) is 0 Å². The molecule has 0 saturated heterocycles. The molecule has 3 heteroatoms. The molecule has 0 atom stereocenters. The number of ether oxygens (including phenoxy) is 1. The van der Waals surface area contributed by atoms with Crippen molar-refractivity contribution in [3.8, 4) is 5.75 Å². The van der Waals surface area contributed by atoms with Crippen LogP contribution in [-0.4, -0.2) is 10.2 Å². The van der Waals surface area contributed by atoms with Gasteiger partial charge >= 0.3 is 0 Å². The smallest absolute Gasteiger partial charge is 0.182 e. The van der Waals surface area contributed by atoms with Gasteiger partial charge in [-0.05, 0) is 49.1 Å². The highest BCUT2D eigenvalue weighted by Crippen LogP contribution is 2.32. The molecular weight excluding hydrogens is 310 g/mol. The van der Waals surface area contributed by atoms with Gasteiger partial charge in [0.25, 0.3) is 0 Å². The normalized spacial score (nSPS) is 14.9. The fourth-order valence-electron chi connectivity index (χ4n) is 3.85. The number of fused-ring (bicyclic) bond motifs is 1. The van der Waals surface area contributed by atoms with Gasteiger partial charge in [0.2, 0.25) is 0 Å². The van der Waals surface area contributed by atoms with Crippen LogP contribution in [0.3, 0.4) is 0 Å². The van der Waals surface area contributed by atoms with E-state index >= 15 is 0 Å². The topological polar surface area (TPSA) is 30.7 Å². The zero-order valence-electron chi connectivity index (χ0n) is 14.6. The summed E-state index contributed by atoms with van der Waals surface area (Å²) in [4.78, 5) is 13.0. The molecule has 0 amide bonds. The van der Waals surface area contributed by atoms with Crippen LogP contribution in [-0.2, 0) is 6.61 Å². The minimum absolute atomic E-state index is 0.186. The Morgan fingerprint density at radius 1 is 1.12 bits per heavy atom. The summed E-state index contributed by atoms with van der Waals surface area (Å²) in [6.45, 7) is 2.55. The largest absolute Gasteiger partial charge is 0.487 e. The Labute approximate surface area is 148 Å². The van der Waals surface area contributed by atoms with E-state index in [2.05, 4.69) is 18.2 Å². The summed E-state index contributed by atoms with van der Waals surface area (Å²) in [5, 5.41) is 0. The third kappa shape index (κ3) is 3.07. The summed E-state index contributed by atoms with van der Waals surface area (Å²) in [6, 6.07) is 16.1. The Bertz CT molecular complexity index is 889. The van der Waals surface area contributed by atoms with Crippen molar-refractivity contribution >= 4 is 11.3 Å². The average Bonchev–Trinajstić information content (AvgIpc) is 3.28. The van der Waals surface area contributed by atoms with Crippen molar-refractivity contribution in [2.45, 2.75) is 39.2 Å². The maximum Gasteiger partial charge on any atom is 0.182 e. The van der Waals surface area contributed by atoms with Crippen LogP contribution in [0.5, 0.6) is 5.75 Å². The Hall–Kier alpha value is -2.55. The van der Waals surface area contributed by atoms with Crippen molar-refractivity contribution < 1.29 is 9.53 Å². The number of aryl methyl sites for hydroxylation is 1. The molecule has 4 rings (SSSR count). The van der Waals surface area contributed by atoms with Crippen molar-refractivity contribution in [1.82, 2.24) is 4.40 Å². The summed E-state index contributed by atoms with van der Waals surface area (Å²) in [5.41, 5.74) is 3.96. The molecule has 2 heterocycles. The summed E-state index contributed by atoms with van der Waals surface area (Å²) in [5.74, 6) is 1.29. The third-order valence-corrected chi connectivity index (χ3v) is 5.16. The van der Waals surface area contributed by atoms with Crippen LogP contribution in [0.25, 0.3) is 5.52 Å². The fraction of sp³-hybridized carbons (Fsp3) is 0.318. The average molecular weight is 333 g/mol. The van der Waals surface area contributed by atoms with Gasteiger partial charge in [-0.2, -0.15) is 0 Å². The predicted molar refractivity (Wildman–Crippen MR) is 99.2 cm³/mol. The van der Waals surface area contributed by atoms with Gasteiger partial charge in [-0.3, -0.25) is 4.79 Å². The summed E-state index contributed by atoms with van der Waals surface area (Å²) >= 11 is 0. The van der Waals surface area contributed by atoms with E-state index in [1.807, 2.05) is 47.9 Å². The second-order valence-electron chi connectivity index (χ2n) is 6.92. The number of Topliss-reactive ketones (excluding diaryl/α,β-unsaturated/α-hetero) is 1. The standard InChI is InChI=1S/C22H23NO2/c1-16-14-19-20(25-15-17-8-3-2-4-9-17)12-7-13-23(19)21(16)22(24)18-10-5-6-11-18/h2-4,7-9,12-14,18H,5-6,10-11,15H2,1H3. The molecule has 1 aromatic carbocycles. The Morgan fingerprint density at radius 2 is 1.88 bits per heavy atom. The predicted octanol–water partition coefficient (Wildman–Crippen LogP) is 5.20. The zero-order chi connectivity index (χ0) is 17.2. The van der Waals surface area contributed by atoms with Crippen LogP contribution in [0.15, 0.2) is 54.7 Å². The van der Waals surface area contributed by atoms with Crippen molar-refractivity contribution in [1.29, 1.82) is 0 Å². The molecule has 2 aromatic heterocycles. The van der Waals surface area contributed by atoms with Gasteiger partial charge in [0, 0.05) is 12.1 Å². The van der Waals surface area contributed by atoms with E-state index in [9.17, 15) is 4.79 Å². The highest BCUT2D eigenvalue weighted by Gasteiger charge is 2.27. The lowest BCUT2D eigenvalue weighted by molar-refractivity contribution is 0.0916. The first kappa shape index (κ1) is 15.9. The second-order valence-corrected chi connectivity index (χ2v) is 6.92. The number of benzene rings is 1. The molecule has 128 valence electrons. The van der Waals surface area contributed by atoms with Crippen molar-refractivity contribution in [2.24, 2.45) is 5.92 Å². The van der Waals surface area contributed by atoms with Crippen LogP contribution in [0.4, 0.5) is 0 Å². The van der Waals surface area contributed by atoms with Crippen LogP contribution in [0.1, 0.15) is 47.3 Å². The molecule has 1 aliphatic carbocycles. The molecule has 0 radical (unpaired) electrons. The number of carbonyl (C=O) groups is 1. The third-order valence-electron chi connectivity index (χ3n) is 5.16. The highest BCUT2D eigenvalue weighted by atomic mass is 16.5. The monoisotopic (exact) mass is 333 g/mol. The highest BCUT2D eigenvalue weighted by molar-refractivity contribution is 5.99. The molecule has 3 aromatic rings. The molecule has 25 heavy (non-hydrogen) atoms. The van der Waals surface area contributed by atoms with Gasteiger partial charge in [0.05, 0.1) is 11.2 Å². The van der Waals surface area contributed by atoms with Gasteiger partial charge in [-0.15, -0.1) is 0 Å². The number of pyridine rings is 1. The number of aromatic nitrogens is 1. The Balaban J connectivity index is 1.66. The lowest BCUT2D eigenvalue weighted by Gasteiger charge is -2.11. The van der Waals surface area contributed by atoms with Crippen LogP contribution >= 0.6 is 0 Å². The van der Waals surface area contributed by atoms with Crippen LogP contribution < -0.4 is 4.74 Å². The molecule has 0 aliphatic heterocycles. The number of nitrogens with zero attached hydrogens (tertiary/aromatic N) is 1. The van der Waals surface area contributed by atoms with E-state index in [0.717, 1.165) is 40.9 Å². The van der Waals surface area contributed by atoms with E-state index in [0.29, 0.717) is 6.61 Å². The Kier molecular flexibility index (Phi) is 4.31. The number of rotatable bonds is 5. The maximum atomic E-state index is 13.0. The first-order chi connectivity index (χ1) is 12.2. The van der Waals surface area contributed by atoms with E-state index in [4.69, 9.17) is 4.74 Å². The molecule has 0 N–H and O–H groups in total. The zero-order valence-corrected chi connectivity index (χ0v) is 14.6.